The first kappa shape index (κ1) is 28.2. The summed E-state index contributed by atoms with van der Waals surface area (Å²) in [6, 6.07) is 19.9. The molecular formula is C36H46N2O3. The minimum atomic E-state index is -0.973. The van der Waals surface area contributed by atoms with Crippen LogP contribution in [0, 0.1) is 22.7 Å². The maximum atomic E-state index is 13.8. The van der Waals surface area contributed by atoms with Gasteiger partial charge in [-0.15, -0.1) is 0 Å². The minimum absolute atomic E-state index is 0.109. The normalized spacial score (nSPS) is 34.8. The lowest BCUT2D eigenvalue weighted by atomic mass is 9.50. The first-order valence-corrected chi connectivity index (χ1v) is 15.6. The number of benzene rings is 2. The average molecular weight is 555 g/mol. The van der Waals surface area contributed by atoms with Crippen molar-refractivity contribution in [3.05, 3.63) is 95.1 Å². The second-order valence-corrected chi connectivity index (χ2v) is 13.7. The Morgan fingerprint density at radius 2 is 1.63 bits per heavy atom. The van der Waals surface area contributed by atoms with Crippen LogP contribution in [0.4, 0.5) is 4.79 Å². The fourth-order valence-electron chi connectivity index (χ4n) is 8.78. The Kier molecular flexibility index (Phi) is 7.40. The molecule has 0 unspecified atom stereocenters. The summed E-state index contributed by atoms with van der Waals surface area (Å²) in [4.78, 5) is 15.7. The molecule has 218 valence electrons. The van der Waals surface area contributed by atoms with Gasteiger partial charge in [0.1, 0.15) is 0 Å². The molecule has 5 heteroatoms. The lowest BCUT2D eigenvalue weighted by molar-refractivity contribution is -0.0973. The Hall–Kier alpha value is -2.89. The molecule has 2 amide bonds. The zero-order chi connectivity index (χ0) is 28.8. The van der Waals surface area contributed by atoms with Crippen LogP contribution in [-0.2, 0) is 6.54 Å². The Morgan fingerprint density at radius 1 is 0.951 bits per heavy atom. The second kappa shape index (κ2) is 10.7. The van der Waals surface area contributed by atoms with Crippen LogP contribution >= 0.6 is 0 Å². The first-order valence-electron chi connectivity index (χ1n) is 15.6. The molecule has 0 saturated heterocycles. The molecule has 3 N–H and O–H groups in total. The number of rotatable bonds is 6. The van der Waals surface area contributed by atoms with Crippen LogP contribution in [-0.4, -0.2) is 39.4 Å². The van der Waals surface area contributed by atoms with Gasteiger partial charge in [-0.2, -0.15) is 0 Å². The molecule has 5 nitrogen and oxygen atoms in total. The van der Waals surface area contributed by atoms with Crippen LogP contribution in [0.5, 0.6) is 0 Å². The van der Waals surface area contributed by atoms with Crippen molar-refractivity contribution in [3.63, 3.8) is 0 Å². The Bertz CT molecular complexity index is 1320. The van der Waals surface area contributed by atoms with E-state index in [9.17, 15) is 15.0 Å². The van der Waals surface area contributed by atoms with E-state index in [1.54, 1.807) is 0 Å². The smallest absolute Gasteiger partial charge is 0.318 e. The lowest BCUT2D eigenvalue weighted by Crippen LogP contribution is -2.57. The molecule has 6 rings (SSSR count). The molecule has 4 aliphatic carbocycles. The predicted molar refractivity (Wildman–Crippen MR) is 163 cm³/mol. The van der Waals surface area contributed by atoms with E-state index in [0.29, 0.717) is 31.3 Å². The third-order valence-electron chi connectivity index (χ3n) is 11.5. The van der Waals surface area contributed by atoms with Crippen molar-refractivity contribution in [2.75, 3.05) is 6.54 Å². The molecule has 0 aliphatic heterocycles. The average Bonchev–Trinajstić information content (AvgIpc) is 3.24. The van der Waals surface area contributed by atoms with E-state index in [2.05, 4.69) is 31.3 Å². The summed E-state index contributed by atoms with van der Waals surface area (Å²) in [7, 11) is 0. The number of amides is 2. The van der Waals surface area contributed by atoms with Crippen molar-refractivity contribution in [2.24, 2.45) is 22.7 Å². The molecule has 0 aromatic heterocycles. The van der Waals surface area contributed by atoms with Gasteiger partial charge in [0, 0.05) is 12.0 Å². The number of nitrogens with zero attached hydrogens (tertiary/aromatic N) is 1. The number of hydrogen-bond acceptors (Lipinski definition) is 3. The second-order valence-electron chi connectivity index (χ2n) is 13.7. The number of carbonyl (C=O) groups excluding carboxylic acids is 1. The summed E-state index contributed by atoms with van der Waals surface area (Å²) in [5.41, 5.74) is 3.85. The minimum Gasteiger partial charge on any atom is -0.393 e. The zero-order valence-electron chi connectivity index (χ0n) is 24.9. The highest BCUT2D eigenvalue weighted by molar-refractivity contribution is 5.75. The third-order valence-corrected chi connectivity index (χ3v) is 11.5. The number of carbonyl (C=O) groups is 1. The maximum absolute atomic E-state index is 13.8. The van der Waals surface area contributed by atoms with Gasteiger partial charge < -0.3 is 20.4 Å². The van der Waals surface area contributed by atoms with Gasteiger partial charge in [-0.3, -0.25) is 0 Å². The summed E-state index contributed by atoms with van der Waals surface area (Å²) in [5.74, 6) is 0.781. The quantitative estimate of drug-likeness (QED) is 0.362. The van der Waals surface area contributed by atoms with Gasteiger partial charge >= 0.3 is 6.03 Å². The number of urea groups is 1. The SMILES string of the molecule is C[C@@H](NC(=O)N(Cc1ccccc1)C[C@]1(O)CC[C@H]2C3=CC=C4C[C@@H](O)CC[C@]4(C)[C@H]3CC[C@@]21C)c1ccccc1. The number of hydrogen-bond donors (Lipinski definition) is 3. The van der Waals surface area contributed by atoms with E-state index in [4.69, 9.17) is 0 Å². The molecule has 4 aliphatic rings. The predicted octanol–water partition coefficient (Wildman–Crippen LogP) is 6.93. The Morgan fingerprint density at radius 3 is 2.37 bits per heavy atom. The van der Waals surface area contributed by atoms with Crippen LogP contribution in [0.15, 0.2) is 84.0 Å². The molecular weight excluding hydrogens is 508 g/mol. The first-order chi connectivity index (χ1) is 19.6. The molecule has 3 saturated carbocycles. The van der Waals surface area contributed by atoms with Crippen LogP contribution in [0.2, 0.25) is 0 Å². The molecule has 0 spiro atoms. The monoisotopic (exact) mass is 554 g/mol. The van der Waals surface area contributed by atoms with Gasteiger partial charge in [-0.25, -0.2) is 4.79 Å². The van der Waals surface area contributed by atoms with E-state index < -0.39 is 5.60 Å². The highest BCUT2D eigenvalue weighted by Gasteiger charge is 2.62. The summed E-state index contributed by atoms with van der Waals surface area (Å²) in [6.45, 7) is 7.46. The summed E-state index contributed by atoms with van der Waals surface area (Å²) >= 11 is 0. The van der Waals surface area contributed by atoms with E-state index in [1.807, 2.05) is 72.5 Å². The third kappa shape index (κ3) is 4.95. The van der Waals surface area contributed by atoms with E-state index in [0.717, 1.165) is 49.7 Å². The molecule has 0 heterocycles. The van der Waals surface area contributed by atoms with Crippen LogP contribution in [0.1, 0.15) is 82.9 Å². The van der Waals surface area contributed by atoms with Gasteiger partial charge in [0.05, 0.1) is 24.3 Å². The van der Waals surface area contributed by atoms with Crippen molar-refractivity contribution in [3.8, 4) is 0 Å². The number of aliphatic hydroxyl groups is 2. The van der Waals surface area contributed by atoms with Gasteiger partial charge in [-0.05, 0) is 80.2 Å². The number of fused-ring (bicyclic) bond motifs is 5. The molecule has 2 aromatic rings. The van der Waals surface area contributed by atoms with Gasteiger partial charge in [0.25, 0.3) is 0 Å². The molecule has 7 atom stereocenters. The fourth-order valence-corrected chi connectivity index (χ4v) is 8.78. The molecule has 2 aromatic carbocycles. The standard InChI is InChI=1S/C36H46N2O3/c1-25(27-12-8-5-9-13-27)37-33(40)38(23-26-10-6-4-7-11-26)24-36(41)21-18-32-30-15-14-28-22-29(39)16-19-34(28,2)31(30)17-20-35(32,36)3/h4-15,25,29,31-32,39,41H,16-24H2,1-3H3,(H,37,40)/t25-,29+,31+,32+,34+,35+,36-/m1/s1. The van der Waals surface area contributed by atoms with Crippen LogP contribution in [0.25, 0.3) is 0 Å². The number of allylic oxidation sites excluding steroid dienone is 3. The zero-order valence-corrected chi connectivity index (χ0v) is 24.9. The van der Waals surface area contributed by atoms with Crippen molar-refractivity contribution in [1.82, 2.24) is 10.2 Å². The van der Waals surface area contributed by atoms with Crippen molar-refractivity contribution in [2.45, 2.75) is 90.0 Å². The Balaban J connectivity index is 1.26. The summed E-state index contributed by atoms with van der Waals surface area (Å²) in [6.07, 6.45) is 10.7. The van der Waals surface area contributed by atoms with Gasteiger partial charge in [-0.1, -0.05) is 97.8 Å². The molecule has 41 heavy (non-hydrogen) atoms. The molecule has 3 fully saturated rings. The van der Waals surface area contributed by atoms with Crippen molar-refractivity contribution < 1.29 is 15.0 Å². The topological polar surface area (TPSA) is 72.8 Å². The highest BCUT2D eigenvalue weighted by atomic mass is 16.3. The number of nitrogens with one attached hydrogen (secondary N) is 1. The van der Waals surface area contributed by atoms with Gasteiger partial charge in [0.15, 0.2) is 0 Å². The lowest BCUT2D eigenvalue weighted by Gasteiger charge is -2.56. The van der Waals surface area contributed by atoms with Crippen LogP contribution in [0.3, 0.4) is 0 Å². The van der Waals surface area contributed by atoms with Crippen molar-refractivity contribution in [1.29, 1.82) is 0 Å². The van der Waals surface area contributed by atoms with E-state index >= 15 is 0 Å². The van der Waals surface area contributed by atoms with Gasteiger partial charge in [0.2, 0.25) is 0 Å². The largest absolute Gasteiger partial charge is 0.393 e. The fraction of sp³-hybridized carbons (Fsp3) is 0.528. The number of aliphatic hydroxyl groups excluding tert-OH is 1. The Labute approximate surface area is 245 Å². The molecule has 0 bridgehead atoms. The van der Waals surface area contributed by atoms with E-state index in [1.165, 1.54) is 11.1 Å². The molecule has 0 radical (unpaired) electrons. The maximum Gasteiger partial charge on any atom is 0.318 e. The van der Waals surface area contributed by atoms with Crippen molar-refractivity contribution >= 4 is 6.03 Å². The summed E-state index contributed by atoms with van der Waals surface area (Å²) in [5, 5.41) is 26.1. The van der Waals surface area contributed by atoms with Crippen LogP contribution < -0.4 is 5.32 Å². The highest BCUT2D eigenvalue weighted by Crippen LogP contribution is 2.66. The van der Waals surface area contributed by atoms with E-state index in [-0.39, 0.29) is 29.0 Å². The summed E-state index contributed by atoms with van der Waals surface area (Å²) < 4.78 is 0.